The summed E-state index contributed by atoms with van der Waals surface area (Å²) in [7, 11) is 0. The van der Waals surface area contributed by atoms with Crippen LogP contribution < -0.4 is 4.74 Å². The Morgan fingerprint density at radius 2 is 1.62 bits per heavy atom. The highest BCUT2D eigenvalue weighted by Crippen LogP contribution is 2.40. The van der Waals surface area contributed by atoms with Crippen molar-refractivity contribution in [3.8, 4) is 5.75 Å². The fourth-order valence-corrected chi connectivity index (χ4v) is 4.59. The summed E-state index contributed by atoms with van der Waals surface area (Å²) in [6.45, 7) is 2.45. The number of hydrogen-bond acceptors (Lipinski definition) is 5. The number of ketones is 1. The van der Waals surface area contributed by atoms with Gasteiger partial charge < -0.3 is 14.7 Å². The minimum absolute atomic E-state index is 0.0705. The number of aliphatic hydroxyl groups excluding tert-OH is 1. The largest absolute Gasteiger partial charge is 0.507 e. The fraction of sp³-hybridized carbons (Fsp3) is 0.129. The molecule has 4 aromatic rings. The van der Waals surface area contributed by atoms with Crippen molar-refractivity contribution in [2.45, 2.75) is 26.1 Å². The van der Waals surface area contributed by atoms with Gasteiger partial charge in [0.05, 0.1) is 11.6 Å². The number of carbonyl (C=O) groups is 2. The lowest BCUT2D eigenvalue weighted by Crippen LogP contribution is -2.29. The van der Waals surface area contributed by atoms with Crippen molar-refractivity contribution < 1.29 is 19.4 Å². The Labute approximate surface area is 215 Å². The highest BCUT2D eigenvalue weighted by molar-refractivity contribution is 6.46. The first-order valence-corrected chi connectivity index (χ1v) is 12.0. The second-order valence-corrected chi connectivity index (χ2v) is 8.95. The first-order chi connectivity index (χ1) is 18.0. The Hall–Kier alpha value is -4.71. The van der Waals surface area contributed by atoms with Gasteiger partial charge in [0.15, 0.2) is 0 Å². The van der Waals surface area contributed by atoms with E-state index >= 15 is 0 Å². The van der Waals surface area contributed by atoms with E-state index in [0.29, 0.717) is 17.9 Å². The van der Waals surface area contributed by atoms with Gasteiger partial charge in [-0.2, -0.15) is 0 Å². The van der Waals surface area contributed by atoms with Gasteiger partial charge >= 0.3 is 0 Å². The van der Waals surface area contributed by atoms with Gasteiger partial charge in [-0.1, -0.05) is 66.7 Å². The summed E-state index contributed by atoms with van der Waals surface area (Å²) >= 11 is 0. The molecule has 5 rings (SSSR count). The van der Waals surface area contributed by atoms with Gasteiger partial charge in [-0.15, -0.1) is 0 Å². The number of aromatic nitrogens is 1. The van der Waals surface area contributed by atoms with E-state index in [-0.39, 0.29) is 17.9 Å². The molecule has 0 unspecified atom stereocenters. The third kappa shape index (κ3) is 5.00. The molecule has 0 bridgehead atoms. The molecule has 1 N–H and O–H groups in total. The summed E-state index contributed by atoms with van der Waals surface area (Å²) in [6.07, 6.45) is 3.32. The quantitative estimate of drug-likeness (QED) is 0.208. The molecule has 1 aromatic heterocycles. The lowest BCUT2D eigenvalue weighted by Gasteiger charge is -2.25. The summed E-state index contributed by atoms with van der Waals surface area (Å²) in [6, 6.07) is 27.3. The number of Topliss-reactive ketones (excluding diaryl/α,β-unsaturated/α-hetero) is 1. The van der Waals surface area contributed by atoms with Gasteiger partial charge in [-0.25, -0.2) is 0 Å². The van der Waals surface area contributed by atoms with Crippen LogP contribution in [0.1, 0.15) is 33.9 Å². The zero-order valence-electron chi connectivity index (χ0n) is 20.4. The molecule has 0 aliphatic carbocycles. The van der Waals surface area contributed by atoms with Crippen LogP contribution in [-0.4, -0.2) is 26.7 Å². The molecule has 1 aliphatic heterocycles. The average Bonchev–Trinajstić information content (AvgIpc) is 3.18. The maximum absolute atomic E-state index is 13.3. The smallest absolute Gasteiger partial charge is 0.295 e. The third-order valence-electron chi connectivity index (χ3n) is 6.43. The Kier molecular flexibility index (Phi) is 6.81. The van der Waals surface area contributed by atoms with Crippen molar-refractivity contribution in [3.05, 3.63) is 137 Å². The van der Waals surface area contributed by atoms with Crippen LogP contribution in [0.2, 0.25) is 0 Å². The highest BCUT2D eigenvalue weighted by atomic mass is 16.5. The summed E-state index contributed by atoms with van der Waals surface area (Å²) in [5, 5.41) is 11.4. The lowest BCUT2D eigenvalue weighted by atomic mass is 9.94. The van der Waals surface area contributed by atoms with Crippen LogP contribution in [0, 0.1) is 6.92 Å². The van der Waals surface area contributed by atoms with E-state index < -0.39 is 17.7 Å². The first kappa shape index (κ1) is 24.0. The molecular weight excluding hydrogens is 464 g/mol. The SMILES string of the molecule is Cc1cc(OCc2ccccc2)ccc1C(O)=C1C(=O)C(=O)N(Cc2cccnc2)[C@@H]1c1ccccc1. The number of rotatable bonds is 7. The Morgan fingerprint density at radius 3 is 2.30 bits per heavy atom. The van der Waals surface area contributed by atoms with Crippen LogP contribution in [0.4, 0.5) is 0 Å². The number of likely N-dealkylation sites (tertiary alicyclic amines) is 1. The maximum Gasteiger partial charge on any atom is 0.295 e. The standard InChI is InChI=1S/C31H26N2O4/c1-21-17-25(37-20-22-9-4-2-5-10-22)14-15-26(21)29(34)27-28(24-12-6-3-7-13-24)33(31(36)30(27)35)19-23-11-8-16-32-18-23/h2-18,28,34H,19-20H2,1H3/t28-/m1/s1. The van der Waals surface area contributed by atoms with Crippen LogP contribution in [-0.2, 0) is 22.7 Å². The van der Waals surface area contributed by atoms with E-state index in [4.69, 9.17) is 4.74 Å². The van der Waals surface area contributed by atoms with E-state index in [1.807, 2.05) is 79.7 Å². The molecule has 184 valence electrons. The molecule has 2 heterocycles. The Bertz CT molecular complexity index is 1450. The third-order valence-corrected chi connectivity index (χ3v) is 6.43. The van der Waals surface area contributed by atoms with E-state index in [2.05, 4.69) is 4.98 Å². The molecule has 1 saturated heterocycles. The second-order valence-electron chi connectivity index (χ2n) is 8.95. The number of aryl methyl sites for hydroxylation is 1. The zero-order chi connectivity index (χ0) is 25.8. The molecule has 37 heavy (non-hydrogen) atoms. The predicted octanol–water partition coefficient (Wildman–Crippen LogP) is 5.59. The fourth-order valence-electron chi connectivity index (χ4n) is 4.59. The molecule has 6 heteroatoms. The van der Waals surface area contributed by atoms with Gasteiger partial charge in [0.2, 0.25) is 0 Å². The number of nitrogens with zero attached hydrogens (tertiary/aromatic N) is 2. The van der Waals surface area contributed by atoms with Crippen LogP contribution in [0.5, 0.6) is 5.75 Å². The molecule has 6 nitrogen and oxygen atoms in total. The summed E-state index contributed by atoms with van der Waals surface area (Å²) in [5.41, 5.74) is 3.86. The molecule has 1 aliphatic rings. The van der Waals surface area contributed by atoms with Crippen molar-refractivity contribution in [3.63, 3.8) is 0 Å². The maximum atomic E-state index is 13.3. The average molecular weight is 491 g/mol. The normalized spacial score (nSPS) is 16.7. The molecule has 1 atom stereocenters. The molecule has 0 spiro atoms. The minimum atomic E-state index is -0.727. The van der Waals surface area contributed by atoms with Crippen molar-refractivity contribution in [1.82, 2.24) is 9.88 Å². The van der Waals surface area contributed by atoms with E-state index in [1.165, 1.54) is 4.90 Å². The number of carbonyl (C=O) groups excluding carboxylic acids is 2. The van der Waals surface area contributed by atoms with Crippen molar-refractivity contribution in [2.24, 2.45) is 0 Å². The second kappa shape index (κ2) is 10.5. The number of aliphatic hydroxyl groups is 1. The topological polar surface area (TPSA) is 79.7 Å². The molecular formula is C31H26N2O4. The number of pyridine rings is 1. The van der Waals surface area contributed by atoms with Gasteiger partial charge in [0.1, 0.15) is 18.1 Å². The zero-order valence-corrected chi connectivity index (χ0v) is 20.4. The van der Waals surface area contributed by atoms with Gasteiger partial charge in [0.25, 0.3) is 11.7 Å². The molecule has 3 aromatic carbocycles. The van der Waals surface area contributed by atoms with Crippen LogP contribution in [0.25, 0.3) is 5.76 Å². The number of hydrogen-bond donors (Lipinski definition) is 1. The van der Waals surface area contributed by atoms with Gasteiger partial charge in [-0.05, 0) is 53.4 Å². The van der Waals surface area contributed by atoms with E-state index in [1.54, 1.807) is 30.6 Å². The van der Waals surface area contributed by atoms with Crippen LogP contribution >= 0.6 is 0 Å². The molecule has 1 amide bonds. The summed E-state index contributed by atoms with van der Waals surface area (Å²) in [5.74, 6) is -0.915. The van der Waals surface area contributed by atoms with Crippen LogP contribution in [0.15, 0.2) is 109 Å². The van der Waals surface area contributed by atoms with Crippen molar-refractivity contribution in [2.75, 3.05) is 0 Å². The van der Waals surface area contributed by atoms with Gasteiger partial charge in [-0.3, -0.25) is 14.6 Å². The Balaban J connectivity index is 1.51. The van der Waals surface area contributed by atoms with Crippen molar-refractivity contribution in [1.29, 1.82) is 0 Å². The van der Waals surface area contributed by atoms with Crippen molar-refractivity contribution >= 4 is 17.4 Å². The summed E-state index contributed by atoms with van der Waals surface area (Å²) in [4.78, 5) is 32.1. The van der Waals surface area contributed by atoms with Crippen LogP contribution in [0.3, 0.4) is 0 Å². The molecule has 0 radical (unpaired) electrons. The molecule has 0 saturated carbocycles. The van der Waals surface area contributed by atoms with E-state index in [9.17, 15) is 14.7 Å². The minimum Gasteiger partial charge on any atom is -0.507 e. The number of benzene rings is 3. The van der Waals surface area contributed by atoms with Gasteiger partial charge in [0, 0.05) is 24.5 Å². The lowest BCUT2D eigenvalue weighted by molar-refractivity contribution is -0.140. The summed E-state index contributed by atoms with van der Waals surface area (Å²) < 4.78 is 5.91. The first-order valence-electron chi connectivity index (χ1n) is 12.0. The Morgan fingerprint density at radius 1 is 0.919 bits per heavy atom. The van der Waals surface area contributed by atoms with E-state index in [0.717, 1.165) is 22.3 Å². The molecule has 1 fully saturated rings. The number of amides is 1. The monoisotopic (exact) mass is 490 g/mol. The number of ether oxygens (including phenoxy) is 1. The highest BCUT2D eigenvalue weighted by Gasteiger charge is 2.46. The predicted molar refractivity (Wildman–Crippen MR) is 140 cm³/mol.